The molecule has 2 N–H and O–H groups in total. The Kier molecular flexibility index (Phi) is 7.33. The highest BCUT2D eigenvalue weighted by Gasteiger charge is 2.32. The fourth-order valence-electron chi connectivity index (χ4n) is 2.17. The first-order chi connectivity index (χ1) is 13.8. The van der Waals surface area contributed by atoms with Gasteiger partial charge < -0.3 is 19.7 Å². The van der Waals surface area contributed by atoms with Crippen molar-refractivity contribution in [2.45, 2.75) is 32.0 Å². The monoisotopic (exact) mass is 445 g/mol. The zero-order valence-corrected chi connectivity index (χ0v) is 16.8. The molecule has 0 unspecified atom stereocenters. The summed E-state index contributed by atoms with van der Waals surface area (Å²) in [5.41, 5.74) is -1.65. The topological polar surface area (TPSA) is 88.9 Å². The minimum atomic E-state index is -4.61. The highest BCUT2D eigenvalue weighted by atomic mass is 35.5. The van der Waals surface area contributed by atoms with Gasteiger partial charge in [0.1, 0.15) is 16.5 Å². The largest absolute Gasteiger partial charge is 0.493 e. The molecule has 1 aromatic heterocycles. The van der Waals surface area contributed by atoms with Gasteiger partial charge in [-0.25, -0.2) is 9.78 Å². The first-order valence-corrected chi connectivity index (χ1v) is 9.04. The number of alkyl halides is 3. The Labute approximate surface area is 175 Å². The van der Waals surface area contributed by atoms with Crippen molar-refractivity contribution >= 4 is 23.6 Å². The number of ether oxygens (including phenoxy) is 2. The SMILES string of the molecule is CC(C)(O)CCOc1ccc(/C=C/C(=O)O)c(Oc2ncc(C(F)(F)F)cc2Cl)c1. The summed E-state index contributed by atoms with van der Waals surface area (Å²) in [6, 6.07) is 5.16. The Morgan fingerprint density at radius 3 is 2.53 bits per heavy atom. The van der Waals surface area contributed by atoms with Crippen LogP contribution in [0.4, 0.5) is 13.2 Å². The Balaban J connectivity index is 2.32. The molecule has 0 saturated carbocycles. The van der Waals surface area contributed by atoms with Crippen molar-refractivity contribution in [2.24, 2.45) is 0 Å². The van der Waals surface area contributed by atoms with Crippen LogP contribution in [0.15, 0.2) is 36.5 Å². The summed E-state index contributed by atoms with van der Waals surface area (Å²) in [5, 5.41) is 18.2. The number of aliphatic hydroxyl groups is 1. The number of rotatable bonds is 8. The summed E-state index contributed by atoms with van der Waals surface area (Å²) in [6.07, 6.45) is -1.57. The number of aromatic nitrogens is 1. The first kappa shape index (κ1) is 23.5. The maximum atomic E-state index is 12.8. The van der Waals surface area contributed by atoms with Crippen molar-refractivity contribution in [3.63, 3.8) is 0 Å². The third-order valence-electron chi connectivity index (χ3n) is 3.71. The number of hydrogen-bond donors (Lipinski definition) is 2. The summed E-state index contributed by atoms with van der Waals surface area (Å²) in [4.78, 5) is 14.4. The van der Waals surface area contributed by atoms with Crippen LogP contribution in [0.5, 0.6) is 17.4 Å². The van der Waals surface area contributed by atoms with Crippen LogP contribution in [0.3, 0.4) is 0 Å². The van der Waals surface area contributed by atoms with E-state index in [1.165, 1.54) is 18.2 Å². The molecule has 0 saturated heterocycles. The number of nitrogens with zero attached hydrogens (tertiary/aromatic N) is 1. The standard InChI is InChI=1S/C20H19ClF3NO5/c1-19(2,28)7-8-29-14-5-3-12(4-6-17(26)27)16(10-14)30-18-15(21)9-13(11-25-18)20(22,23)24/h3-6,9-11,28H,7-8H2,1-2H3,(H,26,27)/b6-4+. The summed E-state index contributed by atoms with van der Waals surface area (Å²) < 4.78 is 49.4. The van der Waals surface area contributed by atoms with Crippen molar-refractivity contribution in [1.82, 2.24) is 4.98 Å². The van der Waals surface area contributed by atoms with Gasteiger partial charge in [-0.3, -0.25) is 0 Å². The molecule has 0 aliphatic carbocycles. The molecule has 162 valence electrons. The third kappa shape index (κ3) is 7.23. The van der Waals surface area contributed by atoms with Crippen LogP contribution < -0.4 is 9.47 Å². The van der Waals surface area contributed by atoms with Crippen LogP contribution in [0.25, 0.3) is 6.08 Å². The Morgan fingerprint density at radius 2 is 1.97 bits per heavy atom. The van der Waals surface area contributed by atoms with Crippen LogP contribution in [-0.2, 0) is 11.0 Å². The maximum Gasteiger partial charge on any atom is 0.417 e. The van der Waals surface area contributed by atoms with Crippen molar-refractivity contribution in [3.8, 4) is 17.4 Å². The van der Waals surface area contributed by atoms with Crippen molar-refractivity contribution in [3.05, 3.63) is 52.7 Å². The first-order valence-electron chi connectivity index (χ1n) is 8.66. The highest BCUT2D eigenvalue weighted by molar-refractivity contribution is 6.31. The van der Waals surface area contributed by atoms with Gasteiger partial charge in [0.2, 0.25) is 5.88 Å². The number of pyridine rings is 1. The lowest BCUT2D eigenvalue weighted by atomic mass is 10.1. The van der Waals surface area contributed by atoms with Gasteiger partial charge >= 0.3 is 12.1 Å². The van der Waals surface area contributed by atoms with Crippen LogP contribution in [-0.4, -0.2) is 33.4 Å². The number of aliphatic carboxylic acids is 1. The highest BCUT2D eigenvalue weighted by Crippen LogP contribution is 2.36. The van der Waals surface area contributed by atoms with Gasteiger partial charge in [0.05, 0.1) is 17.8 Å². The minimum Gasteiger partial charge on any atom is -0.493 e. The van der Waals surface area contributed by atoms with Gasteiger partial charge in [-0.2, -0.15) is 13.2 Å². The van der Waals surface area contributed by atoms with Crippen molar-refractivity contribution in [2.75, 3.05) is 6.61 Å². The van der Waals surface area contributed by atoms with Gasteiger partial charge in [-0.05, 0) is 38.1 Å². The quantitative estimate of drug-likeness (QED) is 0.544. The molecule has 0 aliphatic rings. The molecule has 0 atom stereocenters. The Hall–Kier alpha value is -2.78. The lowest BCUT2D eigenvalue weighted by Crippen LogP contribution is -2.21. The lowest BCUT2D eigenvalue weighted by molar-refractivity contribution is -0.138. The van der Waals surface area contributed by atoms with Gasteiger partial charge in [0, 0.05) is 30.3 Å². The second-order valence-electron chi connectivity index (χ2n) is 6.89. The number of carboxylic acids is 1. The third-order valence-corrected chi connectivity index (χ3v) is 3.99. The molecular weight excluding hydrogens is 427 g/mol. The molecule has 6 nitrogen and oxygen atoms in total. The predicted molar refractivity (Wildman–Crippen MR) is 104 cm³/mol. The van der Waals surface area contributed by atoms with Gasteiger partial charge in [0.15, 0.2) is 0 Å². The van der Waals surface area contributed by atoms with E-state index >= 15 is 0 Å². The minimum absolute atomic E-state index is 0.0717. The molecule has 2 rings (SSSR count). The Bertz CT molecular complexity index is 939. The number of benzene rings is 1. The number of hydrogen-bond acceptors (Lipinski definition) is 5. The molecule has 10 heteroatoms. The molecule has 0 spiro atoms. The van der Waals surface area contributed by atoms with Gasteiger partial charge in [0.25, 0.3) is 0 Å². The molecule has 1 aromatic carbocycles. The number of halogens is 4. The van der Waals surface area contributed by atoms with E-state index in [1.54, 1.807) is 19.9 Å². The summed E-state index contributed by atoms with van der Waals surface area (Å²) >= 11 is 5.88. The smallest absolute Gasteiger partial charge is 0.417 e. The van der Waals surface area contributed by atoms with Gasteiger partial charge in [-0.1, -0.05) is 11.6 Å². The van der Waals surface area contributed by atoms with Crippen molar-refractivity contribution in [1.29, 1.82) is 0 Å². The van der Waals surface area contributed by atoms with Crippen LogP contribution in [0, 0.1) is 0 Å². The fourth-order valence-corrected chi connectivity index (χ4v) is 2.37. The second-order valence-corrected chi connectivity index (χ2v) is 7.30. The summed E-state index contributed by atoms with van der Waals surface area (Å²) in [7, 11) is 0. The van der Waals surface area contributed by atoms with E-state index in [4.69, 9.17) is 26.2 Å². The second kappa shape index (κ2) is 9.36. The molecule has 0 radical (unpaired) electrons. The van der Waals surface area contributed by atoms with E-state index < -0.39 is 23.3 Å². The van der Waals surface area contributed by atoms with E-state index in [2.05, 4.69) is 4.98 Å². The maximum absolute atomic E-state index is 12.8. The molecule has 30 heavy (non-hydrogen) atoms. The van der Waals surface area contributed by atoms with Crippen LogP contribution >= 0.6 is 11.6 Å². The molecule has 0 amide bonds. The molecule has 1 heterocycles. The molecular formula is C20H19ClF3NO5. The fraction of sp³-hybridized carbons (Fsp3) is 0.300. The van der Waals surface area contributed by atoms with Gasteiger partial charge in [-0.15, -0.1) is 0 Å². The normalized spacial score (nSPS) is 12.2. The zero-order chi connectivity index (χ0) is 22.5. The van der Waals surface area contributed by atoms with Crippen LogP contribution in [0.1, 0.15) is 31.4 Å². The lowest BCUT2D eigenvalue weighted by Gasteiger charge is -2.17. The van der Waals surface area contributed by atoms with Crippen molar-refractivity contribution < 1.29 is 37.7 Å². The molecule has 0 aliphatic heterocycles. The average Bonchev–Trinajstić information content (AvgIpc) is 2.60. The van der Waals surface area contributed by atoms with E-state index in [1.807, 2.05) is 0 Å². The van der Waals surface area contributed by atoms with E-state index in [0.717, 1.165) is 6.08 Å². The Morgan fingerprint density at radius 1 is 1.27 bits per heavy atom. The zero-order valence-electron chi connectivity index (χ0n) is 16.0. The summed E-state index contributed by atoms with van der Waals surface area (Å²) in [6.45, 7) is 3.44. The van der Waals surface area contributed by atoms with E-state index in [9.17, 15) is 23.1 Å². The van der Waals surface area contributed by atoms with E-state index in [-0.39, 0.29) is 23.3 Å². The molecule has 0 bridgehead atoms. The summed E-state index contributed by atoms with van der Waals surface area (Å²) in [5.74, 6) is -1.08. The average molecular weight is 446 g/mol. The van der Waals surface area contributed by atoms with Crippen LogP contribution in [0.2, 0.25) is 5.02 Å². The number of carbonyl (C=O) groups is 1. The predicted octanol–water partition coefficient (Wildman–Crippen LogP) is 5.18. The van der Waals surface area contributed by atoms with E-state index in [0.29, 0.717) is 30.0 Å². The molecule has 2 aromatic rings. The molecule has 0 fully saturated rings. The number of carboxylic acid groups (broad SMARTS) is 1.